The summed E-state index contributed by atoms with van der Waals surface area (Å²) in [6.07, 6.45) is 9.14. The number of likely N-dealkylation sites (N-methyl/N-ethyl adjacent to an activating group) is 1. The van der Waals surface area contributed by atoms with Gasteiger partial charge in [-0.05, 0) is 140 Å². The molecule has 12 rings (SSSR count). The van der Waals surface area contributed by atoms with E-state index >= 15 is 0 Å². The number of ether oxygens (including phenoxy) is 3. The van der Waals surface area contributed by atoms with Gasteiger partial charge in [-0.1, -0.05) is 53.9 Å². The van der Waals surface area contributed by atoms with Crippen LogP contribution in [-0.4, -0.2) is 231 Å². The SMILES string of the molecule is CCCOc1ccc(S(=O)(=O)N2CCN(CCO)CC2)cc1-c1nc2c(CCC)nn(CC)c2c(=O)[nH]1.CCCOc1ccc(S(=O)(=O)NCCC2CCCN2C)cc1-c1nc2c(CCC)nn(C)c2c(=O)[nH]1.CCCc1nn(C)c2c(=O)[nH]c(-c3cc(S(=O)(=O)N4CCN(C)CC4)ccc3OCC)nc12. The van der Waals surface area contributed by atoms with Gasteiger partial charge in [0.2, 0.25) is 30.1 Å². The standard InChI is InChI=1S/C25H36N6O5S.C25H36N6O4S.C22H30N6O4S/c1-4-7-20-22-23(31(6-3)28-20)25(33)27-24(26-22)19-17-18(8-9-21(19)36-16-5-2)37(34,35)30-12-10-29(11-13-30)14-15-32;1-5-8-20-22-23(31(4)29-20)25(32)28-24(27-22)19-16-18(10-11-21(19)35-15-6-2)36(33,34)26-13-12-17-9-7-14-30(17)3;1-5-7-17-19-20(27(4)25-17)22(29)24-21(23-19)16-14-15(8-9-18(16)32-6-2)33(30,31)28-12-10-26(3)11-13-28/h8-9,17,32H,4-7,10-16H2,1-3H3,(H,26,27,33);10-11,16-17,26H,5-9,12-15H2,1-4H3,(H,27,28,32);8-9,14H,5-7,10-13H2,1-4H3,(H,23,24,29). The first-order valence-electron chi connectivity index (χ1n) is 36.8. The molecule has 1 unspecified atom stereocenters. The highest BCUT2D eigenvalue weighted by molar-refractivity contribution is 7.89. The smallest absolute Gasteiger partial charge is 0.277 e. The fraction of sp³-hybridized carbons (Fsp3) is 0.542. The van der Waals surface area contributed by atoms with Crippen molar-refractivity contribution in [3.8, 4) is 51.4 Å². The molecule has 31 nitrogen and oxygen atoms in total. The number of hydrogen-bond donors (Lipinski definition) is 5. The molecule has 106 heavy (non-hydrogen) atoms. The van der Waals surface area contributed by atoms with Crippen molar-refractivity contribution in [2.24, 2.45) is 14.1 Å². The third kappa shape index (κ3) is 17.9. The van der Waals surface area contributed by atoms with Crippen molar-refractivity contribution in [1.82, 2.24) is 87.3 Å². The largest absolute Gasteiger partial charge is 0.493 e. The fourth-order valence-corrected chi connectivity index (χ4v) is 17.4. The number of likely N-dealkylation sites (tertiary alicyclic amines) is 1. The van der Waals surface area contributed by atoms with Gasteiger partial charge in [0.15, 0.2) is 16.6 Å². The first-order valence-corrected chi connectivity index (χ1v) is 41.2. The van der Waals surface area contributed by atoms with Crippen LogP contribution in [0, 0.1) is 0 Å². The van der Waals surface area contributed by atoms with Crippen LogP contribution in [0.1, 0.15) is 117 Å². The number of piperazine rings is 2. The molecule has 3 fully saturated rings. The van der Waals surface area contributed by atoms with Gasteiger partial charge in [-0.3, -0.25) is 33.3 Å². The number of aliphatic hydroxyl groups excluding tert-OH is 1. The number of hydrogen-bond acceptors (Lipinski definition) is 22. The van der Waals surface area contributed by atoms with E-state index in [1.54, 1.807) is 49.1 Å². The van der Waals surface area contributed by atoms with Gasteiger partial charge < -0.3 is 44.1 Å². The molecule has 0 aliphatic carbocycles. The summed E-state index contributed by atoms with van der Waals surface area (Å²) in [5.74, 6) is 2.15. The third-order valence-electron chi connectivity index (χ3n) is 19.0. The molecule has 0 amide bonds. The summed E-state index contributed by atoms with van der Waals surface area (Å²) in [4.78, 5) is 68.5. The summed E-state index contributed by atoms with van der Waals surface area (Å²) >= 11 is 0. The summed E-state index contributed by atoms with van der Waals surface area (Å²) < 4.78 is 108. The average Bonchev–Trinajstić information content (AvgIpc) is 1.41. The number of aromatic nitrogens is 12. The summed E-state index contributed by atoms with van der Waals surface area (Å²) in [5, 5.41) is 22.7. The summed E-state index contributed by atoms with van der Waals surface area (Å²) in [6.45, 7) is 21.6. The van der Waals surface area contributed by atoms with Gasteiger partial charge in [-0.2, -0.15) is 23.9 Å². The van der Waals surface area contributed by atoms with Gasteiger partial charge in [-0.25, -0.2) is 44.9 Å². The number of H-pyrrole nitrogens is 3. The Morgan fingerprint density at radius 1 is 0.519 bits per heavy atom. The maximum Gasteiger partial charge on any atom is 0.277 e. The molecule has 6 aromatic heterocycles. The van der Waals surface area contributed by atoms with E-state index in [1.165, 1.54) is 42.2 Å². The molecule has 576 valence electrons. The lowest BCUT2D eigenvalue weighted by molar-refractivity contribution is 0.151. The Balaban J connectivity index is 0.000000170. The highest BCUT2D eigenvalue weighted by Gasteiger charge is 2.33. The summed E-state index contributed by atoms with van der Waals surface area (Å²) in [7, 11) is -3.76. The van der Waals surface area contributed by atoms with Gasteiger partial charge in [0.05, 0.1) is 74.9 Å². The maximum absolute atomic E-state index is 13.5. The van der Waals surface area contributed by atoms with Crippen LogP contribution in [-0.2, 0) is 70.0 Å². The number of aromatic amines is 3. The first-order chi connectivity index (χ1) is 50.8. The van der Waals surface area contributed by atoms with Crippen molar-refractivity contribution in [3.63, 3.8) is 0 Å². The van der Waals surface area contributed by atoms with E-state index < -0.39 is 30.1 Å². The molecule has 5 N–H and O–H groups in total. The van der Waals surface area contributed by atoms with Gasteiger partial charge in [0.1, 0.15) is 51.3 Å². The van der Waals surface area contributed by atoms with Crippen LogP contribution in [0.2, 0.25) is 0 Å². The third-order valence-corrected chi connectivity index (χ3v) is 24.3. The van der Waals surface area contributed by atoms with Crippen LogP contribution in [0.5, 0.6) is 17.2 Å². The molecule has 1 atom stereocenters. The quantitative estimate of drug-likeness (QED) is 0.0344. The average molecular weight is 1520 g/mol. The van der Waals surface area contributed by atoms with E-state index in [1.807, 2.05) is 60.4 Å². The Morgan fingerprint density at radius 2 is 0.943 bits per heavy atom. The van der Waals surface area contributed by atoms with Gasteiger partial charge in [0, 0.05) is 92.1 Å². The van der Waals surface area contributed by atoms with Gasteiger partial charge >= 0.3 is 0 Å². The zero-order chi connectivity index (χ0) is 76.2. The van der Waals surface area contributed by atoms with Crippen molar-refractivity contribution >= 4 is 63.2 Å². The van der Waals surface area contributed by atoms with Crippen molar-refractivity contribution in [2.45, 2.75) is 146 Å². The molecule has 9 heterocycles. The number of β-amino-alcohol motifs (C(OH)–C–C–N with tert-alkyl or cyclic N) is 1. The molecule has 3 aliphatic rings. The number of rotatable bonds is 29. The highest BCUT2D eigenvalue weighted by atomic mass is 32.2. The van der Waals surface area contributed by atoms with Crippen molar-refractivity contribution < 1.29 is 44.6 Å². The lowest BCUT2D eigenvalue weighted by atomic mass is 10.1. The molecule has 0 radical (unpaired) electrons. The molecule has 0 bridgehead atoms. The molecular formula is C72H102N18O13S3. The van der Waals surface area contributed by atoms with Crippen LogP contribution in [0.4, 0.5) is 0 Å². The maximum atomic E-state index is 13.5. The predicted molar refractivity (Wildman–Crippen MR) is 407 cm³/mol. The van der Waals surface area contributed by atoms with Crippen LogP contribution in [0.25, 0.3) is 67.3 Å². The minimum absolute atomic E-state index is 0.0437. The van der Waals surface area contributed by atoms with Crippen LogP contribution in [0.3, 0.4) is 0 Å². The number of sulfonamides is 3. The minimum Gasteiger partial charge on any atom is -0.493 e. The topological polar surface area (TPSA) is 369 Å². The Bertz CT molecular complexity index is 5100. The van der Waals surface area contributed by atoms with E-state index in [9.17, 15) is 44.7 Å². The fourth-order valence-electron chi connectivity index (χ4n) is 13.4. The second-order valence-electron chi connectivity index (χ2n) is 26.7. The first kappa shape index (κ1) is 80.2. The van der Waals surface area contributed by atoms with Crippen LogP contribution < -0.4 is 35.6 Å². The molecule has 3 saturated heterocycles. The second kappa shape index (κ2) is 35.6. The zero-order valence-corrected chi connectivity index (χ0v) is 65.1. The van der Waals surface area contributed by atoms with Crippen molar-refractivity contribution in [1.29, 1.82) is 0 Å². The van der Waals surface area contributed by atoms with Crippen LogP contribution in [0.15, 0.2) is 83.7 Å². The number of aryl methyl sites for hydroxylation is 6. The number of nitrogens with zero attached hydrogens (tertiary/aromatic N) is 14. The molecule has 9 aromatic rings. The van der Waals surface area contributed by atoms with E-state index in [2.05, 4.69) is 51.8 Å². The lowest BCUT2D eigenvalue weighted by Gasteiger charge is -2.33. The molecular weight excluding hydrogens is 1420 g/mol. The Morgan fingerprint density at radius 3 is 1.37 bits per heavy atom. The second-order valence-corrected chi connectivity index (χ2v) is 32.4. The Hall–Kier alpha value is -8.32. The number of benzene rings is 3. The summed E-state index contributed by atoms with van der Waals surface area (Å²) in [5.41, 5.74) is 5.25. The monoisotopic (exact) mass is 1520 g/mol. The number of nitrogens with one attached hydrogen (secondary N) is 4. The number of fused-ring (bicyclic) bond motifs is 3. The molecule has 3 aromatic carbocycles. The number of aliphatic hydroxyl groups is 1. The lowest BCUT2D eigenvalue weighted by Crippen LogP contribution is -2.49. The van der Waals surface area contributed by atoms with Gasteiger partial charge in [0.25, 0.3) is 16.7 Å². The van der Waals surface area contributed by atoms with Gasteiger partial charge in [-0.15, -0.1) is 0 Å². The van der Waals surface area contributed by atoms with Crippen molar-refractivity contribution in [2.75, 3.05) is 113 Å². The minimum atomic E-state index is -3.79. The van der Waals surface area contributed by atoms with Crippen molar-refractivity contribution in [3.05, 3.63) is 103 Å². The van der Waals surface area contributed by atoms with E-state index in [-0.39, 0.29) is 55.4 Å². The van der Waals surface area contributed by atoms with Crippen LogP contribution >= 0.6 is 0 Å². The molecule has 3 aliphatic heterocycles. The molecule has 0 saturated carbocycles. The highest BCUT2D eigenvalue weighted by Crippen LogP contribution is 2.36. The van der Waals surface area contributed by atoms with E-state index in [4.69, 9.17) is 29.2 Å². The Kier molecular flexibility index (Phi) is 26.9. The zero-order valence-electron chi connectivity index (χ0n) is 62.7. The Labute approximate surface area is 618 Å². The van der Waals surface area contributed by atoms with E-state index in [0.29, 0.717) is 184 Å². The summed E-state index contributed by atoms with van der Waals surface area (Å²) in [6, 6.07) is 14.5. The van der Waals surface area contributed by atoms with E-state index in [0.717, 1.165) is 75.0 Å². The molecule has 0 spiro atoms. The molecule has 34 heteroatoms. The normalized spacial score (nSPS) is 16.0. The predicted octanol–water partition coefficient (Wildman–Crippen LogP) is 6.28.